The number of aldehydes is 1. The van der Waals surface area contributed by atoms with Crippen LogP contribution in [0.3, 0.4) is 0 Å². The minimum absolute atomic E-state index is 0.0103. The van der Waals surface area contributed by atoms with Crippen molar-refractivity contribution in [1.29, 1.82) is 0 Å². The van der Waals surface area contributed by atoms with Crippen molar-refractivity contribution in [2.24, 2.45) is 5.92 Å². The first-order valence-electron chi connectivity index (χ1n) is 6.13. The zero-order valence-electron chi connectivity index (χ0n) is 10.0. The molecular formula is C14H17IO3. The number of alkyl halides is 1. The molecule has 1 aliphatic carbocycles. The van der Waals surface area contributed by atoms with Gasteiger partial charge in [-0.2, -0.15) is 0 Å². The molecule has 0 saturated heterocycles. The SMILES string of the molecule is O=CC1CC(I)C(O)C(OCc2ccccc2)C1. The number of aliphatic hydroxyl groups excluding tert-OH is 1. The molecule has 0 aliphatic heterocycles. The molecular weight excluding hydrogens is 343 g/mol. The summed E-state index contributed by atoms with van der Waals surface area (Å²) in [5.74, 6) is 0.0103. The van der Waals surface area contributed by atoms with Crippen molar-refractivity contribution in [3.05, 3.63) is 35.9 Å². The molecule has 0 radical (unpaired) electrons. The van der Waals surface area contributed by atoms with E-state index in [1.807, 2.05) is 30.3 Å². The Morgan fingerprint density at radius 2 is 2.06 bits per heavy atom. The fourth-order valence-corrected chi connectivity index (χ4v) is 3.37. The first-order valence-corrected chi connectivity index (χ1v) is 7.38. The zero-order chi connectivity index (χ0) is 13.0. The summed E-state index contributed by atoms with van der Waals surface area (Å²) in [6.45, 7) is 0.484. The van der Waals surface area contributed by atoms with E-state index in [1.54, 1.807) is 0 Å². The van der Waals surface area contributed by atoms with Crippen LogP contribution in [0, 0.1) is 5.92 Å². The van der Waals surface area contributed by atoms with Gasteiger partial charge in [-0.15, -0.1) is 0 Å². The highest BCUT2D eigenvalue weighted by molar-refractivity contribution is 14.1. The highest BCUT2D eigenvalue weighted by atomic mass is 127. The summed E-state index contributed by atoms with van der Waals surface area (Å²) in [6.07, 6.45) is 1.63. The Hall–Kier alpha value is -0.460. The smallest absolute Gasteiger partial charge is 0.123 e. The summed E-state index contributed by atoms with van der Waals surface area (Å²) in [5.41, 5.74) is 1.09. The van der Waals surface area contributed by atoms with Crippen molar-refractivity contribution in [2.75, 3.05) is 0 Å². The molecule has 0 spiro atoms. The summed E-state index contributed by atoms with van der Waals surface area (Å²) >= 11 is 2.20. The Labute approximate surface area is 121 Å². The summed E-state index contributed by atoms with van der Waals surface area (Å²) in [7, 11) is 0. The maximum Gasteiger partial charge on any atom is 0.123 e. The molecule has 1 N–H and O–H groups in total. The number of halogens is 1. The van der Waals surface area contributed by atoms with Gasteiger partial charge in [0.2, 0.25) is 0 Å². The van der Waals surface area contributed by atoms with Gasteiger partial charge in [-0.1, -0.05) is 52.9 Å². The number of hydrogen-bond donors (Lipinski definition) is 1. The fourth-order valence-electron chi connectivity index (χ4n) is 2.25. The molecule has 98 valence electrons. The average molecular weight is 360 g/mol. The van der Waals surface area contributed by atoms with E-state index in [4.69, 9.17) is 4.74 Å². The number of hydrogen-bond acceptors (Lipinski definition) is 3. The second-order valence-electron chi connectivity index (χ2n) is 4.71. The third-order valence-electron chi connectivity index (χ3n) is 3.31. The van der Waals surface area contributed by atoms with E-state index in [9.17, 15) is 9.90 Å². The average Bonchev–Trinajstić information content (AvgIpc) is 2.41. The quantitative estimate of drug-likeness (QED) is 0.510. The van der Waals surface area contributed by atoms with E-state index >= 15 is 0 Å². The molecule has 1 saturated carbocycles. The van der Waals surface area contributed by atoms with Gasteiger partial charge in [0.05, 0.1) is 18.8 Å². The van der Waals surface area contributed by atoms with E-state index in [1.165, 1.54) is 0 Å². The molecule has 1 fully saturated rings. The van der Waals surface area contributed by atoms with Gasteiger partial charge >= 0.3 is 0 Å². The molecule has 0 aromatic heterocycles. The normalized spacial score (nSPS) is 32.1. The van der Waals surface area contributed by atoms with Crippen molar-refractivity contribution >= 4 is 28.9 Å². The highest BCUT2D eigenvalue weighted by Gasteiger charge is 2.35. The van der Waals surface area contributed by atoms with Crippen molar-refractivity contribution in [2.45, 2.75) is 35.6 Å². The Kier molecular flexibility index (Phi) is 5.14. The van der Waals surface area contributed by atoms with Crippen molar-refractivity contribution < 1.29 is 14.6 Å². The molecule has 0 heterocycles. The lowest BCUT2D eigenvalue weighted by Gasteiger charge is -2.34. The van der Waals surface area contributed by atoms with Crippen molar-refractivity contribution in [1.82, 2.24) is 0 Å². The number of ether oxygens (including phenoxy) is 1. The van der Waals surface area contributed by atoms with E-state index in [2.05, 4.69) is 22.6 Å². The van der Waals surface area contributed by atoms with Crippen LogP contribution in [0.25, 0.3) is 0 Å². The van der Waals surface area contributed by atoms with Crippen LogP contribution in [0.1, 0.15) is 18.4 Å². The van der Waals surface area contributed by atoms with Gasteiger partial charge in [0, 0.05) is 9.84 Å². The lowest BCUT2D eigenvalue weighted by atomic mass is 9.86. The highest BCUT2D eigenvalue weighted by Crippen LogP contribution is 2.31. The maximum atomic E-state index is 10.9. The summed E-state index contributed by atoms with van der Waals surface area (Å²) < 4.78 is 5.86. The second kappa shape index (κ2) is 6.63. The van der Waals surface area contributed by atoms with E-state index in [-0.39, 0.29) is 15.9 Å². The van der Waals surface area contributed by atoms with Crippen molar-refractivity contribution in [3.63, 3.8) is 0 Å². The summed E-state index contributed by atoms with van der Waals surface area (Å²) in [4.78, 5) is 10.9. The van der Waals surface area contributed by atoms with Crippen LogP contribution in [-0.2, 0) is 16.1 Å². The molecule has 4 heteroatoms. The molecule has 0 bridgehead atoms. The number of carbonyl (C=O) groups is 1. The Bertz CT molecular complexity index is 382. The third-order valence-corrected chi connectivity index (χ3v) is 4.56. The van der Waals surface area contributed by atoms with E-state index in [0.29, 0.717) is 13.0 Å². The number of carbonyl (C=O) groups excluding carboxylic acids is 1. The van der Waals surface area contributed by atoms with Crippen LogP contribution in [0.5, 0.6) is 0 Å². The molecule has 3 nitrogen and oxygen atoms in total. The number of aliphatic hydroxyl groups is 1. The predicted octanol–water partition coefficient (Wildman–Crippen LogP) is 2.35. The van der Waals surface area contributed by atoms with Gasteiger partial charge in [0.25, 0.3) is 0 Å². The van der Waals surface area contributed by atoms with Crippen molar-refractivity contribution in [3.8, 4) is 0 Å². The molecule has 18 heavy (non-hydrogen) atoms. The first kappa shape index (κ1) is 14.0. The Morgan fingerprint density at radius 1 is 1.33 bits per heavy atom. The minimum atomic E-state index is -0.481. The van der Waals surface area contributed by atoms with Crippen LogP contribution in [0.4, 0.5) is 0 Å². The lowest BCUT2D eigenvalue weighted by molar-refractivity contribution is -0.118. The van der Waals surface area contributed by atoms with Crippen LogP contribution >= 0.6 is 22.6 Å². The van der Waals surface area contributed by atoms with Crippen LogP contribution < -0.4 is 0 Å². The van der Waals surface area contributed by atoms with Crippen LogP contribution in [0.15, 0.2) is 30.3 Å². The molecule has 4 unspecified atom stereocenters. The number of benzene rings is 1. The standard InChI is InChI=1S/C14H17IO3/c15-12-6-11(8-16)7-13(14(12)17)18-9-10-4-2-1-3-5-10/h1-5,8,11-14,17H,6-7,9H2. The topological polar surface area (TPSA) is 46.5 Å². The fraction of sp³-hybridized carbons (Fsp3) is 0.500. The molecule has 4 atom stereocenters. The van der Waals surface area contributed by atoms with Gasteiger partial charge in [-0.3, -0.25) is 0 Å². The van der Waals surface area contributed by atoms with Gasteiger partial charge in [0.15, 0.2) is 0 Å². The van der Waals surface area contributed by atoms with Gasteiger partial charge < -0.3 is 14.6 Å². The summed E-state index contributed by atoms with van der Waals surface area (Å²) in [5, 5.41) is 10.1. The van der Waals surface area contributed by atoms with E-state index in [0.717, 1.165) is 18.3 Å². The molecule has 1 aliphatic rings. The minimum Gasteiger partial charge on any atom is -0.389 e. The maximum absolute atomic E-state index is 10.9. The number of rotatable bonds is 4. The Morgan fingerprint density at radius 3 is 2.72 bits per heavy atom. The lowest BCUT2D eigenvalue weighted by Crippen LogP contribution is -2.43. The third kappa shape index (κ3) is 3.52. The van der Waals surface area contributed by atoms with Gasteiger partial charge in [0.1, 0.15) is 6.29 Å². The van der Waals surface area contributed by atoms with Gasteiger partial charge in [-0.05, 0) is 18.4 Å². The van der Waals surface area contributed by atoms with E-state index < -0.39 is 6.10 Å². The largest absolute Gasteiger partial charge is 0.389 e. The molecule has 2 rings (SSSR count). The predicted molar refractivity (Wildman–Crippen MR) is 77.6 cm³/mol. The Balaban J connectivity index is 1.93. The van der Waals surface area contributed by atoms with Crippen LogP contribution in [0.2, 0.25) is 0 Å². The molecule has 1 aromatic rings. The first-order chi connectivity index (χ1) is 8.70. The second-order valence-corrected chi connectivity index (χ2v) is 6.31. The monoisotopic (exact) mass is 360 g/mol. The molecule has 0 amide bonds. The summed E-state index contributed by atoms with van der Waals surface area (Å²) in [6, 6.07) is 9.88. The zero-order valence-corrected chi connectivity index (χ0v) is 12.2. The van der Waals surface area contributed by atoms with Crippen LogP contribution in [-0.4, -0.2) is 27.5 Å². The molecule has 1 aromatic carbocycles. The van der Waals surface area contributed by atoms with Gasteiger partial charge in [-0.25, -0.2) is 0 Å².